The van der Waals surface area contributed by atoms with Gasteiger partial charge in [-0.05, 0) is 45.6 Å². The molecular formula is C18H31N5O7. The summed E-state index contributed by atoms with van der Waals surface area (Å²) < 4.78 is 0. The lowest BCUT2D eigenvalue weighted by atomic mass is 10.1. The Balaban J connectivity index is 2.89. The molecule has 0 aromatic carbocycles. The lowest BCUT2D eigenvalue weighted by Gasteiger charge is -2.29. The highest BCUT2D eigenvalue weighted by molar-refractivity contribution is 5.95. The van der Waals surface area contributed by atoms with Crippen molar-refractivity contribution in [3.05, 3.63) is 0 Å². The number of hydrogen-bond donors (Lipinski definition) is 6. The third-order valence-electron chi connectivity index (χ3n) is 4.86. The van der Waals surface area contributed by atoms with E-state index in [2.05, 4.69) is 10.6 Å². The van der Waals surface area contributed by atoms with E-state index in [4.69, 9.17) is 21.7 Å². The van der Waals surface area contributed by atoms with Crippen molar-refractivity contribution in [2.24, 2.45) is 11.5 Å². The number of carbonyl (C=O) groups is 5. The van der Waals surface area contributed by atoms with Crippen molar-refractivity contribution in [3.8, 4) is 0 Å². The van der Waals surface area contributed by atoms with Gasteiger partial charge in [-0.3, -0.25) is 24.0 Å². The van der Waals surface area contributed by atoms with E-state index in [0.717, 1.165) is 0 Å². The van der Waals surface area contributed by atoms with E-state index in [-0.39, 0.29) is 13.0 Å². The van der Waals surface area contributed by atoms with Crippen LogP contribution in [0.1, 0.15) is 45.4 Å². The summed E-state index contributed by atoms with van der Waals surface area (Å²) in [6, 6.07) is -4.26. The number of rotatable bonds is 12. The van der Waals surface area contributed by atoms with Crippen molar-refractivity contribution in [1.29, 1.82) is 0 Å². The maximum atomic E-state index is 13.1. The second-order valence-corrected chi connectivity index (χ2v) is 7.31. The van der Waals surface area contributed by atoms with Crippen LogP contribution in [0.5, 0.6) is 0 Å². The summed E-state index contributed by atoms with van der Waals surface area (Å²) in [4.78, 5) is 60.8. The molecule has 30 heavy (non-hydrogen) atoms. The van der Waals surface area contributed by atoms with Crippen molar-refractivity contribution in [1.82, 2.24) is 15.5 Å². The van der Waals surface area contributed by atoms with Gasteiger partial charge in [0.25, 0.3) is 0 Å². The van der Waals surface area contributed by atoms with E-state index < -0.39 is 60.2 Å². The van der Waals surface area contributed by atoms with Crippen molar-refractivity contribution in [3.63, 3.8) is 0 Å². The number of nitrogens with zero attached hydrogens (tertiary/aromatic N) is 1. The molecule has 12 heteroatoms. The normalized spacial score (nSPS) is 18.9. The zero-order valence-electron chi connectivity index (χ0n) is 17.0. The van der Waals surface area contributed by atoms with Crippen LogP contribution < -0.4 is 22.1 Å². The molecular weight excluding hydrogens is 398 g/mol. The van der Waals surface area contributed by atoms with Gasteiger partial charge in [0.05, 0.1) is 12.5 Å². The van der Waals surface area contributed by atoms with E-state index in [1.165, 1.54) is 11.8 Å². The molecule has 0 saturated carbocycles. The molecule has 0 spiro atoms. The molecule has 12 nitrogen and oxygen atoms in total. The van der Waals surface area contributed by atoms with Crippen molar-refractivity contribution in [2.75, 3.05) is 13.1 Å². The summed E-state index contributed by atoms with van der Waals surface area (Å²) in [6.07, 6.45) is 1.72. The number of amides is 3. The van der Waals surface area contributed by atoms with Crippen LogP contribution in [0.2, 0.25) is 0 Å². The first-order valence-electron chi connectivity index (χ1n) is 9.90. The van der Waals surface area contributed by atoms with Gasteiger partial charge >= 0.3 is 11.9 Å². The summed E-state index contributed by atoms with van der Waals surface area (Å²) in [6.45, 7) is 2.00. The van der Waals surface area contributed by atoms with Gasteiger partial charge in [0, 0.05) is 6.54 Å². The zero-order valence-corrected chi connectivity index (χ0v) is 17.0. The number of aliphatic carboxylic acids is 2. The van der Waals surface area contributed by atoms with E-state index in [1.54, 1.807) is 0 Å². The molecule has 4 unspecified atom stereocenters. The molecule has 0 aliphatic carbocycles. The van der Waals surface area contributed by atoms with Gasteiger partial charge in [-0.15, -0.1) is 0 Å². The Kier molecular flexibility index (Phi) is 10.2. The summed E-state index contributed by atoms with van der Waals surface area (Å²) in [5, 5.41) is 22.6. The molecule has 1 rings (SSSR count). The molecule has 170 valence electrons. The molecule has 0 aromatic rings. The minimum absolute atomic E-state index is 0.248. The molecule has 1 aliphatic rings. The summed E-state index contributed by atoms with van der Waals surface area (Å²) in [7, 11) is 0. The second kappa shape index (κ2) is 12.1. The number of carboxylic acids is 2. The number of unbranched alkanes of at least 4 members (excludes halogenated alkanes) is 1. The molecule has 8 N–H and O–H groups in total. The third-order valence-corrected chi connectivity index (χ3v) is 4.86. The lowest BCUT2D eigenvalue weighted by Crippen LogP contribution is -2.56. The third kappa shape index (κ3) is 7.59. The number of nitrogens with one attached hydrogen (secondary N) is 2. The maximum absolute atomic E-state index is 13.1. The smallest absolute Gasteiger partial charge is 0.325 e. The van der Waals surface area contributed by atoms with E-state index in [9.17, 15) is 24.0 Å². The van der Waals surface area contributed by atoms with Gasteiger partial charge in [0.15, 0.2) is 0 Å². The molecule has 0 bridgehead atoms. The van der Waals surface area contributed by atoms with Crippen LogP contribution in [0.15, 0.2) is 0 Å². The van der Waals surface area contributed by atoms with Crippen LogP contribution in [-0.2, 0) is 24.0 Å². The van der Waals surface area contributed by atoms with Crippen molar-refractivity contribution in [2.45, 2.75) is 69.6 Å². The first-order valence-corrected chi connectivity index (χ1v) is 9.90. The Morgan fingerprint density at radius 2 is 1.80 bits per heavy atom. The minimum atomic E-state index is -1.32. The molecule has 0 radical (unpaired) electrons. The van der Waals surface area contributed by atoms with Crippen LogP contribution >= 0.6 is 0 Å². The molecule has 1 aliphatic heterocycles. The highest BCUT2D eigenvalue weighted by atomic mass is 16.4. The quantitative estimate of drug-likeness (QED) is 0.189. The van der Waals surface area contributed by atoms with Crippen LogP contribution in [0.4, 0.5) is 0 Å². The molecule has 3 amide bonds. The topological polar surface area (TPSA) is 205 Å². The van der Waals surface area contributed by atoms with Gasteiger partial charge in [0.1, 0.15) is 18.1 Å². The Morgan fingerprint density at radius 1 is 1.13 bits per heavy atom. The maximum Gasteiger partial charge on any atom is 0.325 e. The van der Waals surface area contributed by atoms with Gasteiger partial charge in [-0.1, -0.05) is 0 Å². The lowest BCUT2D eigenvalue weighted by molar-refractivity contribution is -0.144. The first-order chi connectivity index (χ1) is 14.1. The Labute approximate surface area is 174 Å². The molecule has 1 heterocycles. The standard InChI is InChI=1S/C18H31N5O7/c1-10(18(29)30)21-16(27)13-6-4-8-23(13)17(28)12(5-2-3-7-19)22-15(26)11(20)9-14(24)25/h10-13H,2-9,19-20H2,1H3,(H,21,27)(H,22,26)(H,24,25)(H,29,30). The van der Waals surface area contributed by atoms with Crippen LogP contribution in [-0.4, -0.2) is 82.0 Å². The predicted molar refractivity (Wildman–Crippen MR) is 105 cm³/mol. The molecule has 1 fully saturated rings. The highest BCUT2D eigenvalue weighted by Crippen LogP contribution is 2.20. The number of hydrogen-bond acceptors (Lipinski definition) is 7. The Bertz CT molecular complexity index is 657. The minimum Gasteiger partial charge on any atom is -0.481 e. The van der Waals surface area contributed by atoms with Gasteiger partial charge in [-0.2, -0.15) is 0 Å². The molecule has 1 saturated heterocycles. The number of nitrogens with two attached hydrogens (primary N) is 2. The van der Waals surface area contributed by atoms with Gasteiger partial charge in [-0.25, -0.2) is 0 Å². The summed E-state index contributed by atoms with van der Waals surface area (Å²) >= 11 is 0. The SMILES string of the molecule is CC(NC(=O)C1CCCN1C(=O)C(CCCCN)NC(=O)C(N)CC(=O)O)C(=O)O. The number of carboxylic acid groups (broad SMARTS) is 2. The van der Waals surface area contributed by atoms with Crippen LogP contribution in [0, 0.1) is 0 Å². The largest absolute Gasteiger partial charge is 0.481 e. The number of likely N-dealkylation sites (tertiary alicyclic amines) is 1. The van der Waals surface area contributed by atoms with Gasteiger partial charge in [0.2, 0.25) is 17.7 Å². The fraction of sp³-hybridized carbons (Fsp3) is 0.722. The fourth-order valence-corrected chi connectivity index (χ4v) is 3.18. The zero-order chi connectivity index (χ0) is 22.8. The fourth-order valence-electron chi connectivity index (χ4n) is 3.18. The summed E-state index contributed by atoms with van der Waals surface area (Å²) in [5.74, 6) is -4.29. The van der Waals surface area contributed by atoms with Crippen molar-refractivity contribution >= 4 is 29.7 Å². The average Bonchev–Trinajstić information content (AvgIpc) is 3.15. The van der Waals surface area contributed by atoms with Gasteiger partial charge < -0.3 is 37.2 Å². The van der Waals surface area contributed by atoms with Crippen LogP contribution in [0.3, 0.4) is 0 Å². The highest BCUT2D eigenvalue weighted by Gasteiger charge is 2.38. The molecule has 4 atom stereocenters. The first kappa shape index (κ1) is 25.3. The Hall–Kier alpha value is -2.73. The monoisotopic (exact) mass is 429 g/mol. The Morgan fingerprint density at radius 3 is 2.37 bits per heavy atom. The van der Waals surface area contributed by atoms with E-state index in [1.807, 2.05) is 0 Å². The van der Waals surface area contributed by atoms with Crippen molar-refractivity contribution < 1.29 is 34.2 Å². The summed E-state index contributed by atoms with van der Waals surface area (Å²) in [5.41, 5.74) is 11.1. The van der Waals surface area contributed by atoms with Crippen LogP contribution in [0.25, 0.3) is 0 Å². The molecule has 0 aromatic heterocycles. The average molecular weight is 429 g/mol. The predicted octanol–water partition coefficient (Wildman–Crippen LogP) is -2.02. The number of carbonyl (C=O) groups excluding carboxylic acids is 3. The van der Waals surface area contributed by atoms with E-state index >= 15 is 0 Å². The van der Waals surface area contributed by atoms with E-state index in [0.29, 0.717) is 32.2 Å². The second-order valence-electron chi connectivity index (χ2n) is 7.31.